The van der Waals surface area contributed by atoms with E-state index in [-0.39, 0.29) is 12.0 Å². The molecule has 0 amide bonds. The van der Waals surface area contributed by atoms with Crippen LogP contribution in [0.25, 0.3) is 0 Å². The Hall–Kier alpha value is 0.380. The average Bonchev–Trinajstić information content (AvgIpc) is 2.57. The van der Waals surface area contributed by atoms with Gasteiger partial charge in [-0.3, -0.25) is 0 Å². The summed E-state index contributed by atoms with van der Waals surface area (Å²) < 4.78 is 28.1. The van der Waals surface area contributed by atoms with E-state index in [2.05, 4.69) is 20.7 Å². The molecule has 1 unspecified atom stereocenters. The van der Waals surface area contributed by atoms with Crippen molar-refractivity contribution in [3.05, 3.63) is 14.7 Å². The van der Waals surface area contributed by atoms with E-state index < -0.39 is 10.0 Å². The van der Waals surface area contributed by atoms with Gasteiger partial charge in [0.05, 0.1) is 8.68 Å². The molecule has 1 rings (SSSR count). The van der Waals surface area contributed by atoms with Crippen LogP contribution in [0.5, 0.6) is 0 Å². The molecule has 104 valence electrons. The van der Waals surface area contributed by atoms with Crippen molar-refractivity contribution in [3.8, 4) is 0 Å². The van der Waals surface area contributed by atoms with Crippen LogP contribution in [0, 0.1) is 12.8 Å². The Morgan fingerprint density at radius 2 is 2.11 bits per heavy atom. The lowest BCUT2D eigenvalue weighted by Crippen LogP contribution is -2.38. The van der Waals surface area contributed by atoms with Crippen molar-refractivity contribution in [1.29, 1.82) is 0 Å². The van der Waals surface area contributed by atoms with E-state index in [1.165, 1.54) is 11.3 Å². The second-order valence-electron chi connectivity index (χ2n) is 4.42. The number of alkyl halides is 1. The van der Waals surface area contributed by atoms with Gasteiger partial charge in [-0.2, -0.15) is 0 Å². The summed E-state index contributed by atoms with van der Waals surface area (Å²) in [6.45, 7) is 5.77. The van der Waals surface area contributed by atoms with Crippen molar-refractivity contribution in [1.82, 2.24) is 4.72 Å². The fourth-order valence-electron chi connectivity index (χ4n) is 1.61. The van der Waals surface area contributed by atoms with Crippen LogP contribution in [0.2, 0.25) is 0 Å². The standard InChI is InChI=1S/C11H17BrClNO2S2/c1-7(2)9(4-5-13)14-18(15,16)10-6-11(12)17-8(10)3/h6-7,9,14H,4-5H2,1-3H3. The molecule has 0 saturated heterocycles. The fraction of sp³-hybridized carbons (Fsp3) is 0.636. The summed E-state index contributed by atoms with van der Waals surface area (Å²) in [5.74, 6) is 0.651. The summed E-state index contributed by atoms with van der Waals surface area (Å²) in [6.07, 6.45) is 0.628. The summed E-state index contributed by atoms with van der Waals surface area (Å²) in [5.41, 5.74) is 0. The van der Waals surface area contributed by atoms with Crippen molar-refractivity contribution < 1.29 is 8.42 Å². The van der Waals surface area contributed by atoms with E-state index in [0.717, 1.165) is 8.66 Å². The first-order valence-corrected chi connectivity index (χ1v) is 9.25. The van der Waals surface area contributed by atoms with Crippen LogP contribution < -0.4 is 4.72 Å². The second-order valence-corrected chi connectivity index (χ2v) is 9.12. The molecule has 18 heavy (non-hydrogen) atoms. The number of thiophene rings is 1. The first-order chi connectivity index (χ1) is 8.27. The van der Waals surface area contributed by atoms with Gasteiger partial charge in [-0.15, -0.1) is 22.9 Å². The zero-order valence-electron chi connectivity index (χ0n) is 10.5. The van der Waals surface area contributed by atoms with E-state index in [0.29, 0.717) is 17.2 Å². The molecule has 1 atom stereocenters. The molecule has 3 nitrogen and oxygen atoms in total. The van der Waals surface area contributed by atoms with Gasteiger partial charge in [-0.25, -0.2) is 13.1 Å². The van der Waals surface area contributed by atoms with Gasteiger partial charge in [0.15, 0.2) is 0 Å². The van der Waals surface area contributed by atoms with E-state index >= 15 is 0 Å². The van der Waals surface area contributed by atoms with E-state index in [1.807, 2.05) is 13.8 Å². The molecule has 0 radical (unpaired) electrons. The number of rotatable bonds is 6. The highest BCUT2D eigenvalue weighted by molar-refractivity contribution is 9.11. The lowest BCUT2D eigenvalue weighted by molar-refractivity contribution is 0.439. The SMILES string of the molecule is Cc1sc(Br)cc1S(=O)(=O)NC(CCCl)C(C)C. The minimum Gasteiger partial charge on any atom is -0.208 e. The normalized spacial score (nSPS) is 14.1. The van der Waals surface area contributed by atoms with Gasteiger partial charge < -0.3 is 0 Å². The van der Waals surface area contributed by atoms with Crippen LogP contribution in [-0.4, -0.2) is 20.3 Å². The molecule has 0 aliphatic heterocycles. The number of hydrogen-bond acceptors (Lipinski definition) is 3. The summed E-state index contributed by atoms with van der Waals surface area (Å²) in [4.78, 5) is 1.13. The molecule has 0 aliphatic carbocycles. The topological polar surface area (TPSA) is 46.2 Å². The fourth-order valence-corrected chi connectivity index (χ4v) is 5.67. The summed E-state index contributed by atoms with van der Waals surface area (Å²) in [6, 6.07) is 1.51. The summed E-state index contributed by atoms with van der Waals surface area (Å²) in [5, 5.41) is 0. The van der Waals surface area contributed by atoms with Gasteiger partial charge in [0.2, 0.25) is 10.0 Å². The first kappa shape index (κ1) is 16.4. The van der Waals surface area contributed by atoms with Crippen LogP contribution in [-0.2, 0) is 10.0 Å². The van der Waals surface area contributed by atoms with Crippen molar-refractivity contribution >= 4 is 48.9 Å². The number of sulfonamides is 1. The van der Waals surface area contributed by atoms with Gasteiger partial charge in [0.25, 0.3) is 0 Å². The highest BCUT2D eigenvalue weighted by Gasteiger charge is 2.24. The molecule has 0 bridgehead atoms. The Bertz CT molecular complexity index is 499. The minimum atomic E-state index is -3.46. The van der Waals surface area contributed by atoms with Gasteiger partial charge in [0, 0.05) is 16.8 Å². The monoisotopic (exact) mass is 373 g/mol. The maximum atomic E-state index is 12.3. The Labute approximate surface area is 126 Å². The third-order valence-electron chi connectivity index (χ3n) is 2.66. The van der Waals surface area contributed by atoms with Crippen molar-refractivity contribution in [2.24, 2.45) is 5.92 Å². The average molecular weight is 375 g/mol. The molecule has 0 spiro atoms. The Morgan fingerprint density at radius 1 is 1.50 bits per heavy atom. The summed E-state index contributed by atoms with van der Waals surface area (Å²) >= 11 is 10.4. The minimum absolute atomic E-state index is 0.134. The first-order valence-electron chi connectivity index (χ1n) is 5.62. The van der Waals surface area contributed by atoms with Gasteiger partial charge in [0.1, 0.15) is 0 Å². The van der Waals surface area contributed by atoms with Crippen LogP contribution >= 0.6 is 38.9 Å². The molecular weight excluding hydrogens is 358 g/mol. The van der Waals surface area contributed by atoms with Gasteiger partial charge in [-0.05, 0) is 41.3 Å². The Kier molecular flexibility index (Phi) is 6.12. The maximum Gasteiger partial charge on any atom is 0.241 e. The predicted molar refractivity (Wildman–Crippen MR) is 81.0 cm³/mol. The molecule has 1 aromatic heterocycles. The van der Waals surface area contributed by atoms with Gasteiger partial charge in [-0.1, -0.05) is 13.8 Å². The van der Waals surface area contributed by atoms with Crippen molar-refractivity contribution in [2.75, 3.05) is 5.88 Å². The third-order valence-corrected chi connectivity index (χ3v) is 6.18. The molecule has 1 aromatic rings. The van der Waals surface area contributed by atoms with Gasteiger partial charge >= 0.3 is 0 Å². The lowest BCUT2D eigenvalue weighted by Gasteiger charge is -2.21. The molecule has 0 fully saturated rings. The molecule has 1 N–H and O–H groups in total. The highest BCUT2D eigenvalue weighted by Crippen LogP contribution is 2.30. The maximum absolute atomic E-state index is 12.3. The zero-order chi connectivity index (χ0) is 13.9. The van der Waals surface area contributed by atoms with Crippen LogP contribution in [0.3, 0.4) is 0 Å². The molecular formula is C11H17BrClNO2S2. The van der Waals surface area contributed by atoms with Crippen LogP contribution in [0.4, 0.5) is 0 Å². The summed E-state index contributed by atoms with van der Waals surface area (Å²) in [7, 11) is -3.46. The Balaban J connectivity index is 2.97. The lowest BCUT2D eigenvalue weighted by atomic mass is 10.0. The molecule has 7 heteroatoms. The quantitative estimate of drug-likeness (QED) is 0.771. The van der Waals surface area contributed by atoms with E-state index in [1.54, 1.807) is 13.0 Å². The highest BCUT2D eigenvalue weighted by atomic mass is 79.9. The predicted octanol–water partition coefficient (Wildman–Crippen LogP) is 3.75. The number of aryl methyl sites for hydroxylation is 1. The molecule has 1 heterocycles. The molecule has 0 aromatic carbocycles. The van der Waals surface area contributed by atoms with Crippen molar-refractivity contribution in [2.45, 2.75) is 38.1 Å². The van der Waals surface area contributed by atoms with E-state index in [9.17, 15) is 8.42 Å². The number of nitrogens with one attached hydrogen (secondary N) is 1. The number of hydrogen-bond donors (Lipinski definition) is 1. The molecule has 0 aliphatic rings. The number of halogens is 2. The molecule has 0 saturated carbocycles. The third kappa shape index (κ3) is 4.20. The van der Waals surface area contributed by atoms with Crippen LogP contribution in [0.1, 0.15) is 25.1 Å². The Morgan fingerprint density at radius 3 is 2.50 bits per heavy atom. The van der Waals surface area contributed by atoms with Crippen LogP contribution in [0.15, 0.2) is 14.7 Å². The largest absolute Gasteiger partial charge is 0.241 e. The van der Waals surface area contributed by atoms with E-state index in [4.69, 9.17) is 11.6 Å². The smallest absolute Gasteiger partial charge is 0.208 e. The second kappa shape index (κ2) is 6.70. The van der Waals surface area contributed by atoms with Crippen molar-refractivity contribution in [3.63, 3.8) is 0 Å². The zero-order valence-corrected chi connectivity index (χ0v) is 14.5.